The molecule has 110 valence electrons. The molecule has 1 aliphatic carbocycles. The monoisotopic (exact) mass is 284 g/mol. The zero-order valence-corrected chi connectivity index (χ0v) is 11.6. The molecule has 1 N–H and O–H groups in total. The maximum absolute atomic E-state index is 13.4. The molecule has 0 heterocycles. The molecule has 1 fully saturated rings. The Bertz CT molecular complexity index is 516. The minimum Gasteiger partial charge on any atom is -0.496 e. The molecule has 0 saturated heterocycles. The SMILES string of the molecule is COc1c(C)cccc1C1(C(=O)O)CCC(F)(F)CC1. The summed E-state index contributed by atoms with van der Waals surface area (Å²) in [5.74, 6) is -3.34. The molecule has 0 bridgehead atoms. The maximum atomic E-state index is 13.4. The number of aliphatic carboxylic acids is 1. The third-order valence-electron chi connectivity index (χ3n) is 4.18. The van der Waals surface area contributed by atoms with Gasteiger partial charge < -0.3 is 9.84 Å². The second kappa shape index (κ2) is 5.04. The fourth-order valence-electron chi connectivity index (χ4n) is 2.94. The molecule has 1 aromatic carbocycles. The number of rotatable bonds is 3. The van der Waals surface area contributed by atoms with E-state index in [0.717, 1.165) is 5.56 Å². The average molecular weight is 284 g/mol. The van der Waals surface area contributed by atoms with E-state index < -0.39 is 30.1 Å². The van der Waals surface area contributed by atoms with Gasteiger partial charge in [0.15, 0.2) is 0 Å². The second-order valence-corrected chi connectivity index (χ2v) is 5.40. The van der Waals surface area contributed by atoms with E-state index in [1.54, 1.807) is 12.1 Å². The summed E-state index contributed by atoms with van der Waals surface area (Å²) < 4.78 is 32.0. The summed E-state index contributed by atoms with van der Waals surface area (Å²) >= 11 is 0. The van der Waals surface area contributed by atoms with Crippen LogP contribution in [-0.4, -0.2) is 24.1 Å². The lowest BCUT2D eigenvalue weighted by Gasteiger charge is -2.38. The van der Waals surface area contributed by atoms with E-state index >= 15 is 0 Å². The molecule has 0 aromatic heterocycles. The number of para-hydroxylation sites is 1. The summed E-state index contributed by atoms with van der Waals surface area (Å²) in [6, 6.07) is 5.23. The van der Waals surface area contributed by atoms with E-state index in [2.05, 4.69) is 0 Å². The van der Waals surface area contributed by atoms with Crippen molar-refractivity contribution in [2.45, 2.75) is 43.9 Å². The summed E-state index contributed by atoms with van der Waals surface area (Å²) in [5.41, 5.74) is 0.0323. The fourth-order valence-corrected chi connectivity index (χ4v) is 2.94. The van der Waals surface area contributed by atoms with Gasteiger partial charge in [0.1, 0.15) is 5.75 Å². The van der Waals surface area contributed by atoms with E-state index in [9.17, 15) is 18.7 Å². The molecule has 3 nitrogen and oxygen atoms in total. The average Bonchev–Trinajstić information content (AvgIpc) is 2.38. The van der Waals surface area contributed by atoms with E-state index in [0.29, 0.717) is 11.3 Å². The zero-order chi connectivity index (χ0) is 15.0. The third kappa shape index (κ3) is 2.37. The molecule has 0 radical (unpaired) electrons. The van der Waals surface area contributed by atoms with Gasteiger partial charge in [0.25, 0.3) is 0 Å². The molecule has 0 amide bonds. The number of alkyl halides is 2. The van der Waals surface area contributed by atoms with Gasteiger partial charge in [-0.05, 0) is 25.3 Å². The molecular formula is C15H18F2O3. The first-order valence-electron chi connectivity index (χ1n) is 6.58. The lowest BCUT2D eigenvalue weighted by atomic mass is 9.68. The Morgan fingerprint density at radius 1 is 1.25 bits per heavy atom. The van der Waals surface area contributed by atoms with Crippen LogP contribution in [0.5, 0.6) is 5.75 Å². The van der Waals surface area contributed by atoms with Gasteiger partial charge >= 0.3 is 5.97 Å². The molecule has 0 aliphatic heterocycles. The number of carboxylic acids is 1. The number of ether oxygens (including phenoxy) is 1. The predicted octanol–water partition coefficient (Wildman–Crippen LogP) is 3.54. The summed E-state index contributed by atoms with van der Waals surface area (Å²) in [5, 5.41) is 9.62. The van der Waals surface area contributed by atoms with Crippen LogP contribution in [0, 0.1) is 6.92 Å². The Morgan fingerprint density at radius 2 is 1.85 bits per heavy atom. The Balaban J connectivity index is 2.51. The van der Waals surface area contributed by atoms with Gasteiger partial charge in [-0.1, -0.05) is 18.2 Å². The topological polar surface area (TPSA) is 46.5 Å². The van der Waals surface area contributed by atoms with Crippen molar-refractivity contribution in [1.82, 2.24) is 0 Å². The summed E-state index contributed by atoms with van der Waals surface area (Å²) in [6.45, 7) is 1.81. The number of benzene rings is 1. The number of methoxy groups -OCH3 is 1. The molecule has 0 spiro atoms. The maximum Gasteiger partial charge on any atom is 0.314 e. The van der Waals surface area contributed by atoms with Gasteiger partial charge in [0, 0.05) is 18.4 Å². The lowest BCUT2D eigenvalue weighted by molar-refractivity contribution is -0.149. The molecule has 0 atom stereocenters. The van der Waals surface area contributed by atoms with Crippen LogP contribution in [0.4, 0.5) is 8.78 Å². The van der Waals surface area contributed by atoms with E-state index in [4.69, 9.17) is 4.74 Å². The highest BCUT2D eigenvalue weighted by molar-refractivity contribution is 5.83. The molecule has 2 rings (SSSR count). The zero-order valence-electron chi connectivity index (χ0n) is 11.6. The molecule has 20 heavy (non-hydrogen) atoms. The Morgan fingerprint density at radius 3 is 2.35 bits per heavy atom. The number of halogens is 2. The van der Waals surface area contributed by atoms with Crippen molar-refractivity contribution in [3.05, 3.63) is 29.3 Å². The summed E-state index contributed by atoms with van der Waals surface area (Å²) in [4.78, 5) is 11.8. The molecule has 1 aromatic rings. The van der Waals surface area contributed by atoms with Crippen LogP contribution in [-0.2, 0) is 10.2 Å². The minimum absolute atomic E-state index is 0.0743. The molecule has 1 saturated carbocycles. The van der Waals surface area contributed by atoms with Crippen LogP contribution < -0.4 is 4.74 Å². The van der Waals surface area contributed by atoms with Gasteiger partial charge in [-0.2, -0.15) is 0 Å². The number of aryl methyl sites for hydroxylation is 1. The van der Waals surface area contributed by atoms with Crippen LogP contribution >= 0.6 is 0 Å². The highest BCUT2D eigenvalue weighted by Crippen LogP contribution is 2.48. The van der Waals surface area contributed by atoms with Gasteiger partial charge in [0.05, 0.1) is 12.5 Å². The normalized spacial score (nSPS) is 20.4. The van der Waals surface area contributed by atoms with Crippen molar-refractivity contribution in [2.24, 2.45) is 0 Å². The number of hydrogen-bond donors (Lipinski definition) is 1. The van der Waals surface area contributed by atoms with Crippen LogP contribution in [0.3, 0.4) is 0 Å². The van der Waals surface area contributed by atoms with E-state index in [1.165, 1.54) is 7.11 Å². The Labute approximate surface area is 116 Å². The van der Waals surface area contributed by atoms with Gasteiger partial charge in [-0.3, -0.25) is 4.79 Å². The van der Waals surface area contributed by atoms with E-state index in [-0.39, 0.29) is 12.8 Å². The van der Waals surface area contributed by atoms with Crippen molar-refractivity contribution in [2.75, 3.05) is 7.11 Å². The van der Waals surface area contributed by atoms with Crippen molar-refractivity contribution >= 4 is 5.97 Å². The standard InChI is InChI=1S/C15H18F2O3/c1-10-4-3-5-11(12(10)20-2)14(13(18)19)6-8-15(16,17)9-7-14/h3-5H,6-9H2,1-2H3,(H,18,19). The lowest BCUT2D eigenvalue weighted by Crippen LogP contribution is -2.43. The number of hydrogen-bond acceptors (Lipinski definition) is 2. The van der Waals surface area contributed by atoms with Crippen molar-refractivity contribution in [3.8, 4) is 5.75 Å². The smallest absolute Gasteiger partial charge is 0.314 e. The quantitative estimate of drug-likeness (QED) is 0.923. The molecule has 5 heteroatoms. The van der Waals surface area contributed by atoms with Crippen molar-refractivity contribution in [1.29, 1.82) is 0 Å². The van der Waals surface area contributed by atoms with Crippen LogP contribution in [0.25, 0.3) is 0 Å². The van der Waals surface area contributed by atoms with Crippen LogP contribution in [0.1, 0.15) is 36.8 Å². The largest absolute Gasteiger partial charge is 0.496 e. The first-order valence-corrected chi connectivity index (χ1v) is 6.58. The molecule has 0 unspecified atom stereocenters. The number of carboxylic acid groups (broad SMARTS) is 1. The fraction of sp³-hybridized carbons (Fsp3) is 0.533. The molecular weight excluding hydrogens is 266 g/mol. The van der Waals surface area contributed by atoms with E-state index in [1.807, 2.05) is 13.0 Å². The minimum atomic E-state index is -2.77. The van der Waals surface area contributed by atoms with Gasteiger partial charge in [-0.25, -0.2) is 8.78 Å². The first kappa shape index (κ1) is 14.8. The Hall–Kier alpha value is -1.65. The molecule has 1 aliphatic rings. The van der Waals surface area contributed by atoms with Gasteiger partial charge in [-0.15, -0.1) is 0 Å². The van der Waals surface area contributed by atoms with Crippen LogP contribution in [0.15, 0.2) is 18.2 Å². The number of carbonyl (C=O) groups is 1. The van der Waals surface area contributed by atoms with Gasteiger partial charge in [0.2, 0.25) is 5.92 Å². The summed E-state index contributed by atoms with van der Waals surface area (Å²) in [7, 11) is 1.47. The third-order valence-corrected chi connectivity index (χ3v) is 4.18. The highest BCUT2D eigenvalue weighted by atomic mass is 19.3. The predicted molar refractivity (Wildman–Crippen MR) is 70.5 cm³/mol. The van der Waals surface area contributed by atoms with Crippen molar-refractivity contribution in [3.63, 3.8) is 0 Å². The Kier molecular flexibility index (Phi) is 3.71. The summed E-state index contributed by atoms with van der Waals surface area (Å²) in [6.07, 6.45) is -0.961. The van der Waals surface area contributed by atoms with Crippen LogP contribution in [0.2, 0.25) is 0 Å². The van der Waals surface area contributed by atoms with Crippen molar-refractivity contribution < 1.29 is 23.4 Å². The highest BCUT2D eigenvalue weighted by Gasteiger charge is 2.50. The first-order chi connectivity index (χ1) is 9.32. The second-order valence-electron chi connectivity index (χ2n) is 5.40.